The van der Waals surface area contributed by atoms with Gasteiger partial charge < -0.3 is 15.6 Å². The molecule has 1 heterocycles. The molecule has 0 radical (unpaired) electrons. The summed E-state index contributed by atoms with van der Waals surface area (Å²) in [7, 11) is 0. The van der Waals surface area contributed by atoms with E-state index in [0.717, 1.165) is 5.69 Å². The van der Waals surface area contributed by atoms with E-state index in [-0.39, 0.29) is 6.10 Å². The van der Waals surface area contributed by atoms with E-state index in [4.69, 9.17) is 10.5 Å². The fourth-order valence-electron chi connectivity index (χ4n) is 1.26. The van der Waals surface area contributed by atoms with Gasteiger partial charge in [-0.2, -0.15) is 0 Å². The molecule has 6 nitrogen and oxygen atoms in total. The molecular formula is C10H20N4O2. The van der Waals surface area contributed by atoms with Crippen LogP contribution >= 0.6 is 0 Å². The minimum atomic E-state index is -0.560. The lowest BCUT2D eigenvalue weighted by molar-refractivity contribution is -0.00221. The lowest BCUT2D eigenvalue weighted by Crippen LogP contribution is -2.24. The van der Waals surface area contributed by atoms with Crippen molar-refractivity contribution in [1.82, 2.24) is 15.0 Å². The third kappa shape index (κ3) is 4.69. The second-order valence-electron chi connectivity index (χ2n) is 4.01. The van der Waals surface area contributed by atoms with E-state index in [1.165, 1.54) is 0 Å². The Hall–Kier alpha value is -0.980. The molecule has 1 aromatic heterocycles. The maximum absolute atomic E-state index is 9.65. The van der Waals surface area contributed by atoms with Gasteiger partial charge in [0, 0.05) is 12.6 Å². The van der Waals surface area contributed by atoms with Crippen LogP contribution in [0.5, 0.6) is 0 Å². The average Bonchev–Trinajstić information content (AvgIpc) is 2.63. The van der Waals surface area contributed by atoms with Gasteiger partial charge in [0.15, 0.2) is 0 Å². The molecule has 1 unspecified atom stereocenters. The van der Waals surface area contributed by atoms with E-state index in [1.807, 2.05) is 13.8 Å². The van der Waals surface area contributed by atoms with Gasteiger partial charge in [-0.15, -0.1) is 5.10 Å². The third-order valence-electron chi connectivity index (χ3n) is 2.01. The number of ether oxygens (including phenoxy) is 1. The number of hydrogen-bond donors (Lipinski definition) is 2. The van der Waals surface area contributed by atoms with Crippen molar-refractivity contribution in [2.75, 3.05) is 13.2 Å². The van der Waals surface area contributed by atoms with Gasteiger partial charge in [0.2, 0.25) is 0 Å². The van der Waals surface area contributed by atoms with Crippen LogP contribution < -0.4 is 5.73 Å². The number of nitrogens with zero attached hydrogens (tertiary/aromatic N) is 3. The Balaban J connectivity index is 2.34. The van der Waals surface area contributed by atoms with Crippen LogP contribution in [0.2, 0.25) is 0 Å². The molecule has 0 aromatic carbocycles. The van der Waals surface area contributed by atoms with Crippen molar-refractivity contribution in [2.45, 2.75) is 39.0 Å². The zero-order valence-electron chi connectivity index (χ0n) is 9.83. The number of aliphatic hydroxyl groups excluding tert-OH is 1. The van der Waals surface area contributed by atoms with Crippen molar-refractivity contribution >= 4 is 0 Å². The molecule has 1 aromatic rings. The first kappa shape index (κ1) is 13.1. The molecule has 0 bridgehead atoms. The summed E-state index contributed by atoms with van der Waals surface area (Å²) in [5, 5.41) is 17.5. The van der Waals surface area contributed by atoms with E-state index >= 15 is 0 Å². The zero-order valence-corrected chi connectivity index (χ0v) is 9.83. The van der Waals surface area contributed by atoms with Crippen LogP contribution in [-0.2, 0) is 17.7 Å². The topological polar surface area (TPSA) is 86.2 Å². The van der Waals surface area contributed by atoms with Crippen molar-refractivity contribution in [3.63, 3.8) is 0 Å². The Morgan fingerprint density at radius 1 is 1.56 bits per heavy atom. The lowest BCUT2D eigenvalue weighted by Gasteiger charge is -2.12. The van der Waals surface area contributed by atoms with Crippen molar-refractivity contribution in [2.24, 2.45) is 5.73 Å². The first-order valence-electron chi connectivity index (χ1n) is 5.50. The van der Waals surface area contributed by atoms with Crippen molar-refractivity contribution in [1.29, 1.82) is 0 Å². The first-order valence-corrected chi connectivity index (χ1v) is 5.50. The average molecular weight is 228 g/mol. The van der Waals surface area contributed by atoms with Gasteiger partial charge in [-0.05, 0) is 20.4 Å². The molecule has 0 spiro atoms. The first-order chi connectivity index (χ1) is 7.61. The number of aliphatic hydroxyl groups is 1. The fourth-order valence-corrected chi connectivity index (χ4v) is 1.26. The van der Waals surface area contributed by atoms with Gasteiger partial charge in [0.05, 0.1) is 31.1 Å². The van der Waals surface area contributed by atoms with Gasteiger partial charge in [-0.1, -0.05) is 5.21 Å². The van der Waals surface area contributed by atoms with Crippen molar-refractivity contribution < 1.29 is 9.84 Å². The highest BCUT2D eigenvalue weighted by Gasteiger charge is 2.08. The highest BCUT2D eigenvalue weighted by Crippen LogP contribution is 1.98. The second-order valence-corrected chi connectivity index (χ2v) is 4.01. The summed E-state index contributed by atoms with van der Waals surface area (Å²) in [4.78, 5) is 0. The Kier molecular flexibility index (Phi) is 5.37. The van der Waals surface area contributed by atoms with E-state index in [2.05, 4.69) is 10.3 Å². The smallest absolute Gasteiger partial charge is 0.0969 e. The second kappa shape index (κ2) is 6.57. The van der Waals surface area contributed by atoms with E-state index in [1.54, 1.807) is 10.9 Å². The Morgan fingerprint density at radius 2 is 2.31 bits per heavy atom. The van der Waals surface area contributed by atoms with Crippen molar-refractivity contribution in [3.05, 3.63) is 11.9 Å². The molecular weight excluding hydrogens is 208 g/mol. The predicted molar refractivity (Wildman–Crippen MR) is 59.9 cm³/mol. The molecule has 3 N–H and O–H groups in total. The molecule has 0 aliphatic heterocycles. The molecule has 0 amide bonds. The van der Waals surface area contributed by atoms with Gasteiger partial charge in [-0.3, -0.25) is 0 Å². The Bertz CT molecular complexity index is 301. The summed E-state index contributed by atoms with van der Waals surface area (Å²) in [6.07, 6.45) is 2.07. The molecule has 0 saturated carbocycles. The van der Waals surface area contributed by atoms with Crippen LogP contribution in [0, 0.1) is 0 Å². The van der Waals surface area contributed by atoms with Gasteiger partial charge >= 0.3 is 0 Å². The number of hydrogen-bond acceptors (Lipinski definition) is 5. The summed E-state index contributed by atoms with van der Waals surface area (Å²) < 4.78 is 6.91. The standard InChI is InChI=1S/C10H20N4O2/c1-8(2)16-7-10(15)6-14-5-9(3-4-11)12-13-14/h5,8,10,15H,3-4,6-7,11H2,1-2H3. The lowest BCUT2D eigenvalue weighted by atomic mass is 10.3. The number of rotatable bonds is 7. The summed E-state index contributed by atoms with van der Waals surface area (Å²) in [6.45, 7) is 5.12. The van der Waals surface area contributed by atoms with E-state index in [0.29, 0.717) is 26.1 Å². The predicted octanol–water partition coefficient (Wildman–Crippen LogP) is -0.435. The highest BCUT2D eigenvalue weighted by atomic mass is 16.5. The summed E-state index contributed by atoms with van der Waals surface area (Å²) in [5.41, 5.74) is 6.25. The van der Waals surface area contributed by atoms with Crippen LogP contribution in [0.4, 0.5) is 0 Å². The minimum absolute atomic E-state index is 0.123. The zero-order chi connectivity index (χ0) is 12.0. The summed E-state index contributed by atoms with van der Waals surface area (Å²) in [6, 6.07) is 0. The normalized spacial score (nSPS) is 13.3. The summed E-state index contributed by atoms with van der Waals surface area (Å²) in [5.74, 6) is 0. The van der Waals surface area contributed by atoms with Crippen LogP contribution in [0.25, 0.3) is 0 Å². The Labute approximate surface area is 95.4 Å². The quantitative estimate of drug-likeness (QED) is 0.661. The molecule has 16 heavy (non-hydrogen) atoms. The summed E-state index contributed by atoms with van der Waals surface area (Å²) >= 11 is 0. The fraction of sp³-hybridized carbons (Fsp3) is 0.800. The minimum Gasteiger partial charge on any atom is -0.389 e. The largest absolute Gasteiger partial charge is 0.389 e. The monoisotopic (exact) mass is 228 g/mol. The molecule has 1 rings (SSSR count). The Morgan fingerprint density at radius 3 is 2.94 bits per heavy atom. The van der Waals surface area contributed by atoms with Crippen molar-refractivity contribution in [3.8, 4) is 0 Å². The van der Waals surface area contributed by atoms with Crippen LogP contribution in [-0.4, -0.2) is 45.5 Å². The SMILES string of the molecule is CC(C)OCC(O)Cn1cc(CCN)nn1. The van der Waals surface area contributed by atoms with Gasteiger partial charge in [0.25, 0.3) is 0 Å². The molecule has 6 heteroatoms. The van der Waals surface area contributed by atoms with Gasteiger partial charge in [0.1, 0.15) is 0 Å². The molecule has 92 valence electrons. The van der Waals surface area contributed by atoms with Crippen LogP contribution in [0.1, 0.15) is 19.5 Å². The maximum Gasteiger partial charge on any atom is 0.0969 e. The molecule has 1 atom stereocenters. The van der Waals surface area contributed by atoms with E-state index in [9.17, 15) is 5.11 Å². The molecule has 0 aliphatic carbocycles. The third-order valence-corrected chi connectivity index (χ3v) is 2.01. The highest BCUT2D eigenvalue weighted by molar-refractivity contribution is 4.92. The molecule has 0 fully saturated rings. The van der Waals surface area contributed by atoms with E-state index < -0.39 is 6.10 Å². The number of aromatic nitrogens is 3. The molecule has 0 aliphatic rings. The van der Waals surface area contributed by atoms with Gasteiger partial charge in [-0.25, -0.2) is 4.68 Å². The molecule has 0 saturated heterocycles. The van der Waals surface area contributed by atoms with Crippen LogP contribution in [0.3, 0.4) is 0 Å². The maximum atomic E-state index is 9.65. The number of nitrogens with two attached hydrogens (primary N) is 1. The van der Waals surface area contributed by atoms with Crippen LogP contribution in [0.15, 0.2) is 6.20 Å².